The summed E-state index contributed by atoms with van der Waals surface area (Å²) in [6.45, 7) is 4.19. The van der Waals surface area contributed by atoms with Crippen molar-refractivity contribution in [2.24, 2.45) is 0 Å². The van der Waals surface area contributed by atoms with Crippen LogP contribution in [0.15, 0.2) is 22.7 Å². The number of benzene rings is 1. The quantitative estimate of drug-likeness (QED) is 0.704. The van der Waals surface area contributed by atoms with Crippen molar-refractivity contribution in [3.63, 3.8) is 0 Å². The van der Waals surface area contributed by atoms with Gasteiger partial charge in [0.05, 0.1) is 0 Å². The molecule has 0 amide bonds. The molecule has 0 saturated carbocycles. The maximum atomic E-state index is 3.51. The Kier molecular flexibility index (Phi) is 1.72. The second-order valence-electron chi connectivity index (χ2n) is 3.09. The van der Waals surface area contributed by atoms with Gasteiger partial charge in [-0.25, -0.2) is 0 Å². The topological polar surface area (TPSA) is 15.8 Å². The smallest absolute Gasteiger partial charge is 0.0497 e. The molecule has 0 fully saturated rings. The Balaban J connectivity index is 2.89. The second kappa shape index (κ2) is 2.63. The van der Waals surface area contributed by atoms with Crippen molar-refractivity contribution >= 4 is 26.8 Å². The molecule has 2 rings (SSSR count). The summed E-state index contributed by atoms with van der Waals surface area (Å²) in [6, 6.07) is 6.37. The molecule has 0 aliphatic rings. The average Bonchev–Trinajstić information content (AvgIpc) is 2.39. The molecule has 0 bridgehead atoms. The van der Waals surface area contributed by atoms with Gasteiger partial charge in [-0.2, -0.15) is 0 Å². The average molecular weight is 224 g/mol. The molecule has 12 heavy (non-hydrogen) atoms. The molecule has 2 heteroatoms. The Morgan fingerprint density at radius 3 is 2.75 bits per heavy atom. The molecule has 62 valence electrons. The van der Waals surface area contributed by atoms with E-state index in [1.54, 1.807) is 0 Å². The van der Waals surface area contributed by atoms with Crippen LogP contribution in [0.5, 0.6) is 0 Å². The Bertz CT molecular complexity index is 429. The van der Waals surface area contributed by atoms with Gasteiger partial charge >= 0.3 is 0 Å². The minimum absolute atomic E-state index is 1.16. The van der Waals surface area contributed by atoms with Crippen molar-refractivity contribution in [2.75, 3.05) is 0 Å². The van der Waals surface area contributed by atoms with Crippen molar-refractivity contribution < 1.29 is 0 Å². The number of nitrogens with one attached hydrogen (secondary N) is 1. The summed E-state index contributed by atoms with van der Waals surface area (Å²) in [5.74, 6) is 0. The lowest BCUT2D eigenvalue weighted by Crippen LogP contribution is -1.78. The molecule has 1 aromatic carbocycles. The third-order valence-electron chi connectivity index (χ3n) is 2.13. The van der Waals surface area contributed by atoms with Crippen molar-refractivity contribution in [2.45, 2.75) is 13.8 Å². The largest absolute Gasteiger partial charge is 0.358 e. The van der Waals surface area contributed by atoms with Crippen LogP contribution in [0, 0.1) is 13.8 Å². The molecular weight excluding hydrogens is 214 g/mol. The van der Waals surface area contributed by atoms with Gasteiger partial charge in [-0.1, -0.05) is 22.0 Å². The highest BCUT2D eigenvalue weighted by atomic mass is 79.9. The normalized spacial score (nSPS) is 10.9. The van der Waals surface area contributed by atoms with Gasteiger partial charge in [0.25, 0.3) is 0 Å². The zero-order chi connectivity index (χ0) is 8.72. The van der Waals surface area contributed by atoms with Crippen molar-refractivity contribution in [1.82, 2.24) is 4.98 Å². The lowest BCUT2D eigenvalue weighted by molar-refractivity contribution is 1.28. The predicted molar refractivity (Wildman–Crippen MR) is 55.5 cm³/mol. The predicted octanol–water partition coefficient (Wildman–Crippen LogP) is 3.55. The van der Waals surface area contributed by atoms with Crippen LogP contribution in [-0.2, 0) is 0 Å². The van der Waals surface area contributed by atoms with E-state index in [1.165, 1.54) is 22.2 Å². The molecule has 1 N–H and O–H groups in total. The number of rotatable bonds is 0. The number of hydrogen-bond acceptors (Lipinski definition) is 0. The Hall–Kier alpha value is -0.760. The second-order valence-corrected chi connectivity index (χ2v) is 3.94. The van der Waals surface area contributed by atoms with Crippen LogP contribution < -0.4 is 0 Å². The monoisotopic (exact) mass is 223 g/mol. The van der Waals surface area contributed by atoms with Crippen LogP contribution in [0.1, 0.15) is 11.3 Å². The van der Waals surface area contributed by atoms with Crippen LogP contribution in [0.3, 0.4) is 0 Å². The van der Waals surface area contributed by atoms with Crippen LogP contribution in [0.4, 0.5) is 0 Å². The summed E-state index contributed by atoms with van der Waals surface area (Å²) in [5, 5.41) is 1.29. The summed E-state index contributed by atoms with van der Waals surface area (Å²) >= 11 is 3.51. The van der Waals surface area contributed by atoms with E-state index in [9.17, 15) is 0 Å². The van der Waals surface area contributed by atoms with Crippen molar-refractivity contribution in [3.8, 4) is 0 Å². The molecule has 1 nitrogen and oxygen atoms in total. The first-order chi connectivity index (χ1) is 5.68. The lowest BCUT2D eigenvalue weighted by Gasteiger charge is -1.98. The van der Waals surface area contributed by atoms with E-state index >= 15 is 0 Å². The maximum Gasteiger partial charge on any atom is 0.0497 e. The highest BCUT2D eigenvalue weighted by molar-refractivity contribution is 9.10. The van der Waals surface area contributed by atoms with E-state index in [0.717, 1.165) is 4.47 Å². The molecule has 0 aliphatic heterocycles. The number of aromatic nitrogens is 1. The van der Waals surface area contributed by atoms with Gasteiger partial charge in [0.15, 0.2) is 0 Å². The number of fused-ring (bicyclic) bond motifs is 1. The number of aryl methyl sites for hydroxylation is 2. The Morgan fingerprint density at radius 2 is 2.00 bits per heavy atom. The van der Waals surface area contributed by atoms with Crippen LogP contribution in [0.25, 0.3) is 10.9 Å². The van der Waals surface area contributed by atoms with Crippen molar-refractivity contribution in [1.29, 1.82) is 0 Å². The highest BCUT2D eigenvalue weighted by Gasteiger charge is 2.02. The van der Waals surface area contributed by atoms with E-state index in [2.05, 4.69) is 53.0 Å². The summed E-state index contributed by atoms with van der Waals surface area (Å²) in [5.41, 5.74) is 3.73. The van der Waals surface area contributed by atoms with Gasteiger partial charge in [-0.05, 0) is 36.9 Å². The van der Waals surface area contributed by atoms with Gasteiger partial charge in [-0.15, -0.1) is 0 Å². The van der Waals surface area contributed by atoms with Crippen LogP contribution >= 0.6 is 15.9 Å². The summed E-state index contributed by atoms with van der Waals surface area (Å²) < 4.78 is 1.16. The fraction of sp³-hybridized carbons (Fsp3) is 0.200. The number of hydrogen-bond donors (Lipinski definition) is 1. The molecule has 1 aromatic heterocycles. The third-order valence-corrected chi connectivity index (χ3v) is 2.98. The fourth-order valence-corrected chi connectivity index (χ4v) is 1.79. The van der Waals surface area contributed by atoms with Crippen LogP contribution in [0.2, 0.25) is 0 Å². The number of aromatic amines is 1. The van der Waals surface area contributed by atoms with Gasteiger partial charge in [0, 0.05) is 15.7 Å². The minimum atomic E-state index is 1.16. The maximum absolute atomic E-state index is 3.51. The molecule has 0 spiro atoms. The summed E-state index contributed by atoms with van der Waals surface area (Å²) in [6.07, 6.45) is 0. The first-order valence-electron chi connectivity index (χ1n) is 3.93. The minimum Gasteiger partial charge on any atom is -0.358 e. The van der Waals surface area contributed by atoms with Gasteiger partial charge in [-0.3, -0.25) is 0 Å². The molecule has 0 radical (unpaired) electrons. The molecule has 0 aliphatic carbocycles. The molecule has 1 heterocycles. The standard InChI is InChI=1S/C10H10BrN/c1-6-5-8-3-4-9(11)7(2)10(8)12-6/h3-5,12H,1-2H3. The SMILES string of the molecule is Cc1cc2ccc(Br)c(C)c2[nH]1. The molecule has 2 aromatic rings. The zero-order valence-electron chi connectivity index (χ0n) is 7.11. The van der Waals surface area contributed by atoms with E-state index in [-0.39, 0.29) is 0 Å². The molecule has 0 unspecified atom stereocenters. The lowest BCUT2D eigenvalue weighted by atomic mass is 10.2. The van der Waals surface area contributed by atoms with E-state index in [1.807, 2.05) is 0 Å². The van der Waals surface area contributed by atoms with Gasteiger partial charge < -0.3 is 4.98 Å². The first kappa shape index (κ1) is 7.87. The van der Waals surface area contributed by atoms with Crippen LogP contribution in [-0.4, -0.2) is 4.98 Å². The van der Waals surface area contributed by atoms with Gasteiger partial charge in [0.2, 0.25) is 0 Å². The number of H-pyrrole nitrogens is 1. The Morgan fingerprint density at radius 1 is 1.25 bits per heavy atom. The van der Waals surface area contributed by atoms with E-state index in [0.29, 0.717) is 0 Å². The summed E-state index contributed by atoms with van der Waals surface area (Å²) in [4.78, 5) is 3.34. The highest BCUT2D eigenvalue weighted by Crippen LogP contribution is 2.25. The zero-order valence-corrected chi connectivity index (χ0v) is 8.70. The fourth-order valence-electron chi connectivity index (χ4n) is 1.46. The van der Waals surface area contributed by atoms with E-state index < -0.39 is 0 Å². The van der Waals surface area contributed by atoms with E-state index in [4.69, 9.17) is 0 Å². The number of halogens is 1. The van der Waals surface area contributed by atoms with Gasteiger partial charge in [0.1, 0.15) is 0 Å². The molecule has 0 atom stereocenters. The third kappa shape index (κ3) is 1.07. The first-order valence-corrected chi connectivity index (χ1v) is 4.72. The molecular formula is C10H10BrN. The Labute approximate surface area is 79.9 Å². The molecule has 0 saturated heterocycles. The van der Waals surface area contributed by atoms with Crippen molar-refractivity contribution in [3.05, 3.63) is 33.9 Å². The summed E-state index contributed by atoms with van der Waals surface area (Å²) in [7, 11) is 0.